The number of fused-ring (bicyclic) bond motifs is 1. The van der Waals surface area contributed by atoms with E-state index in [0.29, 0.717) is 13.1 Å². The second kappa shape index (κ2) is 4.12. The summed E-state index contributed by atoms with van der Waals surface area (Å²) in [5.41, 5.74) is 0.857. The normalized spacial score (nSPS) is 17.1. The SMILES string of the molecule is NS(=O)(=O)C1CN(c2ncnc3cc(Br)sc23)C1. The molecule has 1 fully saturated rings. The molecule has 0 radical (unpaired) electrons. The lowest BCUT2D eigenvalue weighted by Crippen LogP contribution is -2.57. The van der Waals surface area contributed by atoms with Crippen LogP contribution in [0.5, 0.6) is 0 Å². The Kier molecular flexibility index (Phi) is 2.81. The maximum atomic E-state index is 11.2. The Morgan fingerprint density at radius 1 is 1.44 bits per heavy atom. The number of sulfonamides is 1. The van der Waals surface area contributed by atoms with Crippen molar-refractivity contribution in [1.29, 1.82) is 0 Å². The van der Waals surface area contributed by atoms with E-state index in [9.17, 15) is 8.42 Å². The number of nitrogens with zero attached hydrogens (tertiary/aromatic N) is 3. The zero-order valence-electron chi connectivity index (χ0n) is 9.08. The summed E-state index contributed by atoms with van der Waals surface area (Å²) in [6.07, 6.45) is 1.49. The molecular weight excluding hydrogens is 340 g/mol. The lowest BCUT2D eigenvalue weighted by molar-refractivity contribution is 0.541. The molecule has 6 nitrogen and oxygen atoms in total. The largest absolute Gasteiger partial charge is 0.352 e. The molecule has 2 aromatic rings. The molecule has 0 bridgehead atoms. The van der Waals surface area contributed by atoms with Crippen LogP contribution < -0.4 is 10.0 Å². The van der Waals surface area contributed by atoms with E-state index in [4.69, 9.17) is 5.14 Å². The Labute approximate surface area is 116 Å². The highest BCUT2D eigenvalue weighted by atomic mass is 79.9. The van der Waals surface area contributed by atoms with Gasteiger partial charge in [0, 0.05) is 13.1 Å². The molecular formula is C9H9BrN4O2S2. The standard InChI is InChI=1S/C9H9BrN4O2S2/c10-7-1-6-8(17-7)9(13-4-12-6)14-2-5(3-14)18(11,15)16/h1,4-5H,2-3H2,(H2,11,15,16). The quantitative estimate of drug-likeness (QED) is 0.871. The van der Waals surface area contributed by atoms with Crippen molar-refractivity contribution in [1.82, 2.24) is 9.97 Å². The first-order chi connectivity index (χ1) is 8.45. The van der Waals surface area contributed by atoms with Crippen LogP contribution in [0.1, 0.15) is 0 Å². The molecule has 0 saturated carbocycles. The molecule has 0 spiro atoms. The molecule has 1 aliphatic heterocycles. The highest BCUT2D eigenvalue weighted by Crippen LogP contribution is 2.35. The van der Waals surface area contributed by atoms with E-state index in [-0.39, 0.29) is 0 Å². The number of thiophene rings is 1. The minimum atomic E-state index is -3.45. The van der Waals surface area contributed by atoms with Crippen LogP contribution in [0.15, 0.2) is 16.2 Å². The van der Waals surface area contributed by atoms with Gasteiger partial charge in [0.1, 0.15) is 17.4 Å². The van der Waals surface area contributed by atoms with Crippen LogP contribution in [0.4, 0.5) is 5.82 Å². The van der Waals surface area contributed by atoms with Crippen LogP contribution in [0.2, 0.25) is 0 Å². The number of nitrogens with two attached hydrogens (primary N) is 1. The van der Waals surface area contributed by atoms with Gasteiger partial charge in [-0.25, -0.2) is 23.5 Å². The monoisotopic (exact) mass is 348 g/mol. The lowest BCUT2D eigenvalue weighted by Gasteiger charge is -2.38. The maximum absolute atomic E-state index is 11.2. The first-order valence-corrected chi connectivity index (χ1v) is 8.33. The van der Waals surface area contributed by atoms with Gasteiger partial charge in [-0.2, -0.15) is 0 Å². The van der Waals surface area contributed by atoms with E-state index >= 15 is 0 Å². The van der Waals surface area contributed by atoms with Crippen LogP contribution in [0.25, 0.3) is 10.2 Å². The fraction of sp³-hybridized carbons (Fsp3) is 0.333. The van der Waals surface area contributed by atoms with Crippen molar-refractivity contribution < 1.29 is 8.42 Å². The summed E-state index contributed by atoms with van der Waals surface area (Å²) in [5, 5.41) is 4.61. The third kappa shape index (κ3) is 2.00. The summed E-state index contributed by atoms with van der Waals surface area (Å²) in [6.45, 7) is 0.779. The van der Waals surface area contributed by atoms with Crippen molar-refractivity contribution in [2.75, 3.05) is 18.0 Å². The number of halogens is 1. The fourth-order valence-corrected chi connectivity index (χ4v) is 4.19. The second-order valence-electron chi connectivity index (χ2n) is 4.08. The molecule has 96 valence electrons. The summed E-state index contributed by atoms with van der Waals surface area (Å²) < 4.78 is 24.3. The molecule has 3 heterocycles. The summed E-state index contributed by atoms with van der Waals surface area (Å²) in [5.74, 6) is 0.774. The number of rotatable bonds is 2. The van der Waals surface area contributed by atoms with Crippen molar-refractivity contribution in [3.63, 3.8) is 0 Å². The maximum Gasteiger partial charge on any atom is 0.215 e. The minimum Gasteiger partial charge on any atom is -0.352 e. The van der Waals surface area contributed by atoms with E-state index in [2.05, 4.69) is 25.9 Å². The number of primary sulfonamides is 1. The van der Waals surface area contributed by atoms with Gasteiger partial charge < -0.3 is 4.90 Å². The minimum absolute atomic E-state index is 0.389. The Morgan fingerprint density at radius 2 is 2.17 bits per heavy atom. The van der Waals surface area contributed by atoms with Gasteiger partial charge in [-0.3, -0.25) is 0 Å². The van der Waals surface area contributed by atoms with Crippen molar-refractivity contribution >= 4 is 53.3 Å². The van der Waals surface area contributed by atoms with Gasteiger partial charge in [0.15, 0.2) is 0 Å². The van der Waals surface area contributed by atoms with Crippen LogP contribution >= 0.6 is 27.3 Å². The Hall–Kier alpha value is -0.770. The first kappa shape index (κ1) is 12.3. The predicted octanol–water partition coefficient (Wildman–Crippen LogP) is 0.931. The van der Waals surface area contributed by atoms with Gasteiger partial charge in [0.05, 0.1) is 14.0 Å². The molecule has 1 saturated heterocycles. The highest BCUT2D eigenvalue weighted by molar-refractivity contribution is 9.11. The van der Waals surface area contributed by atoms with E-state index in [0.717, 1.165) is 19.8 Å². The summed E-state index contributed by atoms with van der Waals surface area (Å²) in [6, 6.07) is 1.92. The summed E-state index contributed by atoms with van der Waals surface area (Å²) >= 11 is 4.94. The smallest absolute Gasteiger partial charge is 0.215 e. The molecule has 2 N–H and O–H groups in total. The molecule has 0 amide bonds. The van der Waals surface area contributed by atoms with Crippen molar-refractivity contribution in [3.8, 4) is 0 Å². The molecule has 3 rings (SSSR count). The molecule has 1 aliphatic rings. The van der Waals surface area contributed by atoms with Crippen molar-refractivity contribution in [2.45, 2.75) is 5.25 Å². The van der Waals surface area contributed by atoms with E-state index in [1.54, 1.807) is 0 Å². The average Bonchev–Trinajstić information content (AvgIpc) is 2.54. The van der Waals surface area contributed by atoms with Gasteiger partial charge in [0.2, 0.25) is 10.0 Å². The number of aromatic nitrogens is 2. The summed E-state index contributed by atoms with van der Waals surface area (Å²) in [7, 11) is -3.45. The van der Waals surface area contributed by atoms with E-state index in [1.807, 2.05) is 11.0 Å². The third-order valence-electron chi connectivity index (χ3n) is 2.87. The zero-order chi connectivity index (χ0) is 12.9. The number of hydrogen-bond donors (Lipinski definition) is 1. The van der Waals surface area contributed by atoms with Gasteiger partial charge in [-0.1, -0.05) is 0 Å². The summed E-state index contributed by atoms with van der Waals surface area (Å²) in [4.78, 5) is 10.3. The molecule has 0 atom stereocenters. The Balaban J connectivity index is 1.93. The second-order valence-corrected chi connectivity index (χ2v) is 8.35. The molecule has 2 aromatic heterocycles. The Morgan fingerprint density at radius 3 is 2.83 bits per heavy atom. The third-order valence-corrected chi connectivity index (χ3v) is 5.73. The van der Waals surface area contributed by atoms with Gasteiger partial charge in [0.25, 0.3) is 0 Å². The highest BCUT2D eigenvalue weighted by Gasteiger charge is 2.36. The molecule has 0 aliphatic carbocycles. The number of anilines is 1. The molecule has 0 aromatic carbocycles. The van der Waals surface area contributed by atoms with Crippen LogP contribution in [0, 0.1) is 0 Å². The van der Waals surface area contributed by atoms with E-state index in [1.165, 1.54) is 17.7 Å². The zero-order valence-corrected chi connectivity index (χ0v) is 12.3. The first-order valence-electron chi connectivity index (χ1n) is 5.12. The van der Waals surface area contributed by atoms with Crippen molar-refractivity contribution in [2.24, 2.45) is 5.14 Å². The van der Waals surface area contributed by atoms with Gasteiger partial charge in [-0.15, -0.1) is 11.3 Å². The average molecular weight is 349 g/mol. The molecule has 0 unspecified atom stereocenters. The predicted molar refractivity (Wildman–Crippen MR) is 74.2 cm³/mol. The molecule has 18 heavy (non-hydrogen) atoms. The van der Waals surface area contributed by atoms with Gasteiger partial charge in [-0.05, 0) is 22.0 Å². The van der Waals surface area contributed by atoms with Crippen LogP contribution in [-0.4, -0.2) is 36.7 Å². The Bertz CT molecular complexity index is 708. The fourth-order valence-electron chi connectivity index (χ4n) is 1.86. The lowest BCUT2D eigenvalue weighted by atomic mass is 10.2. The van der Waals surface area contributed by atoms with Crippen molar-refractivity contribution in [3.05, 3.63) is 16.2 Å². The van der Waals surface area contributed by atoms with E-state index < -0.39 is 15.3 Å². The molecule has 9 heteroatoms. The topological polar surface area (TPSA) is 89.2 Å². The van der Waals surface area contributed by atoms with Crippen LogP contribution in [-0.2, 0) is 10.0 Å². The van der Waals surface area contributed by atoms with Gasteiger partial charge >= 0.3 is 0 Å². The number of hydrogen-bond acceptors (Lipinski definition) is 6. The van der Waals surface area contributed by atoms with Crippen LogP contribution in [0.3, 0.4) is 0 Å².